The molecular weight excluding hydrogens is 402 g/mol. The average molecular weight is 425 g/mol. The molecule has 1 aliphatic heterocycles. The highest BCUT2D eigenvalue weighted by molar-refractivity contribution is 6.22. The van der Waals surface area contributed by atoms with Gasteiger partial charge in [0.15, 0.2) is 11.9 Å². The van der Waals surface area contributed by atoms with Gasteiger partial charge in [-0.2, -0.15) is 0 Å². The van der Waals surface area contributed by atoms with Gasteiger partial charge in [-0.25, -0.2) is 4.79 Å². The summed E-state index contributed by atoms with van der Waals surface area (Å²) < 4.78 is 10.1. The zero-order valence-electron chi connectivity index (χ0n) is 17.3. The minimum Gasteiger partial charge on any atom is -0.449 e. The molecule has 2 aliphatic rings. The summed E-state index contributed by atoms with van der Waals surface area (Å²) in [6.07, 6.45) is 3.59. The second-order valence-electron chi connectivity index (χ2n) is 7.89. The average Bonchev–Trinajstić information content (AvgIpc) is 3.28. The molecule has 0 saturated heterocycles. The van der Waals surface area contributed by atoms with Crippen LogP contribution in [0.25, 0.3) is 0 Å². The molecule has 0 radical (unpaired) electrons. The first-order chi connectivity index (χ1) is 14.8. The van der Waals surface area contributed by atoms with Gasteiger partial charge in [0.05, 0.1) is 16.7 Å². The molecule has 0 unspecified atom stereocenters. The Morgan fingerprint density at radius 3 is 2.52 bits per heavy atom. The number of rotatable bonds is 5. The Balaban J connectivity index is 1.45. The number of fused-ring (bicyclic) bond motifs is 1. The fraction of sp³-hybridized carbons (Fsp3) is 0.409. The molecule has 0 bridgehead atoms. The zero-order chi connectivity index (χ0) is 22.1. The number of anilines is 1. The van der Waals surface area contributed by atoms with Crippen LogP contribution in [0.2, 0.25) is 0 Å². The lowest BCUT2D eigenvalue weighted by Gasteiger charge is -2.29. The first-order valence-electron chi connectivity index (χ1n) is 10.3. The van der Waals surface area contributed by atoms with Crippen molar-refractivity contribution in [3.63, 3.8) is 0 Å². The van der Waals surface area contributed by atoms with Gasteiger partial charge in [0.25, 0.3) is 17.7 Å². The summed E-state index contributed by atoms with van der Waals surface area (Å²) >= 11 is 0. The van der Waals surface area contributed by atoms with Crippen LogP contribution in [-0.4, -0.2) is 45.9 Å². The van der Waals surface area contributed by atoms with Crippen molar-refractivity contribution in [2.45, 2.75) is 58.1 Å². The van der Waals surface area contributed by atoms with E-state index < -0.39 is 18.0 Å². The number of hydrogen-bond acceptors (Lipinski definition) is 7. The zero-order valence-corrected chi connectivity index (χ0v) is 17.3. The number of esters is 1. The van der Waals surface area contributed by atoms with Crippen LogP contribution >= 0.6 is 0 Å². The van der Waals surface area contributed by atoms with Crippen LogP contribution in [0.3, 0.4) is 0 Å². The fourth-order valence-corrected chi connectivity index (χ4v) is 3.99. The summed E-state index contributed by atoms with van der Waals surface area (Å²) in [6, 6.07) is 5.71. The van der Waals surface area contributed by atoms with Crippen LogP contribution in [0.5, 0.6) is 0 Å². The molecule has 9 nitrogen and oxygen atoms in total. The number of nitrogens with one attached hydrogen (secondary N) is 1. The van der Waals surface area contributed by atoms with Crippen molar-refractivity contribution in [2.24, 2.45) is 0 Å². The van der Waals surface area contributed by atoms with Crippen LogP contribution in [0, 0.1) is 6.92 Å². The lowest BCUT2D eigenvalue weighted by atomic mass is 9.94. The lowest BCUT2D eigenvalue weighted by Crippen LogP contribution is -2.40. The van der Waals surface area contributed by atoms with Gasteiger partial charge in [-0.15, -0.1) is 0 Å². The fourth-order valence-electron chi connectivity index (χ4n) is 3.99. The normalized spacial score (nSPS) is 17.4. The van der Waals surface area contributed by atoms with Gasteiger partial charge >= 0.3 is 5.97 Å². The number of nitrogens with zero attached hydrogens (tertiary/aromatic N) is 2. The van der Waals surface area contributed by atoms with E-state index in [9.17, 15) is 19.2 Å². The van der Waals surface area contributed by atoms with Gasteiger partial charge < -0.3 is 14.6 Å². The number of amides is 3. The van der Waals surface area contributed by atoms with E-state index in [1.807, 2.05) is 0 Å². The molecule has 2 aromatic rings. The number of aryl methyl sites for hydroxylation is 1. The summed E-state index contributed by atoms with van der Waals surface area (Å²) in [7, 11) is 0. The number of imide groups is 1. The number of aromatic nitrogens is 1. The van der Waals surface area contributed by atoms with E-state index in [-0.39, 0.29) is 34.8 Å². The largest absolute Gasteiger partial charge is 0.449 e. The second-order valence-corrected chi connectivity index (χ2v) is 7.89. The van der Waals surface area contributed by atoms with E-state index in [0.717, 1.165) is 32.1 Å². The highest BCUT2D eigenvalue weighted by Crippen LogP contribution is 2.31. The predicted octanol–water partition coefficient (Wildman–Crippen LogP) is 3.10. The Kier molecular flexibility index (Phi) is 5.58. The quantitative estimate of drug-likeness (QED) is 0.577. The summed E-state index contributed by atoms with van der Waals surface area (Å²) in [4.78, 5) is 51.7. The molecule has 1 saturated carbocycles. The Labute approximate surface area is 178 Å². The number of benzene rings is 1. The van der Waals surface area contributed by atoms with E-state index >= 15 is 0 Å². The number of ether oxygens (including phenoxy) is 1. The predicted molar refractivity (Wildman–Crippen MR) is 109 cm³/mol. The summed E-state index contributed by atoms with van der Waals surface area (Å²) in [6.45, 7) is 3.11. The van der Waals surface area contributed by atoms with Crippen molar-refractivity contribution >= 4 is 29.5 Å². The molecular formula is C22H23N3O6. The molecule has 0 spiro atoms. The van der Waals surface area contributed by atoms with Crippen molar-refractivity contribution in [1.29, 1.82) is 0 Å². The molecule has 3 amide bonds. The molecule has 1 aromatic carbocycles. The van der Waals surface area contributed by atoms with Crippen LogP contribution in [0.1, 0.15) is 75.9 Å². The van der Waals surface area contributed by atoms with Crippen LogP contribution < -0.4 is 5.32 Å². The highest BCUT2D eigenvalue weighted by Gasteiger charge is 2.40. The summed E-state index contributed by atoms with van der Waals surface area (Å²) in [5.74, 6) is -1.29. The highest BCUT2D eigenvalue weighted by atomic mass is 16.5. The monoisotopic (exact) mass is 425 g/mol. The summed E-state index contributed by atoms with van der Waals surface area (Å²) in [5.41, 5.74) is 0.585. The smallest absolute Gasteiger partial charge is 0.338 e. The van der Waals surface area contributed by atoms with Gasteiger partial charge in [0.2, 0.25) is 0 Å². The number of carbonyl (C=O) groups excluding carboxylic acids is 4. The minimum atomic E-state index is -1.10. The molecule has 1 atom stereocenters. The van der Waals surface area contributed by atoms with E-state index in [0.29, 0.717) is 11.3 Å². The topological polar surface area (TPSA) is 119 Å². The first kappa shape index (κ1) is 20.8. The molecule has 162 valence electrons. The van der Waals surface area contributed by atoms with Gasteiger partial charge in [-0.05, 0) is 44.9 Å². The molecule has 2 heterocycles. The third-order valence-electron chi connectivity index (χ3n) is 5.63. The third kappa shape index (κ3) is 4.08. The maximum Gasteiger partial charge on any atom is 0.338 e. The van der Waals surface area contributed by atoms with E-state index in [1.54, 1.807) is 6.92 Å². The van der Waals surface area contributed by atoms with Crippen LogP contribution in [-0.2, 0) is 9.53 Å². The maximum absolute atomic E-state index is 12.9. The Bertz CT molecular complexity index is 1050. The van der Waals surface area contributed by atoms with Crippen LogP contribution in [0.4, 0.5) is 5.82 Å². The van der Waals surface area contributed by atoms with E-state index in [2.05, 4.69) is 10.5 Å². The Hall–Kier alpha value is -3.49. The number of hydrogen-bond donors (Lipinski definition) is 1. The van der Waals surface area contributed by atoms with Crippen molar-refractivity contribution in [1.82, 2.24) is 10.1 Å². The van der Waals surface area contributed by atoms with Crippen molar-refractivity contribution < 1.29 is 28.4 Å². The third-order valence-corrected chi connectivity index (χ3v) is 5.63. The van der Waals surface area contributed by atoms with Gasteiger partial charge in [-0.3, -0.25) is 19.3 Å². The molecule has 4 rings (SSSR count). The molecule has 1 aromatic heterocycles. The molecule has 1 N–H and O–H groups in total. The first-order valence-corrected chi connectivity index (χ1v) is 10.3. The van der Waals surface area contributed by atoms with Crippen molar-refractivity contribution in [2.75, 3.05) is 5.32 Å². The SMILES string of the molecule is Cc1cc(NC(=O)[C@H](C)OC(=O)c2ccc3c(c2)C(=O)N(C2CCCCC2)C3=O)no1. The molecule has 1 aliphatic carbocycles. The number of carbonyl (C=O) groups is 4. The van der Waals surface area contributed by atoms with Crippen molar-refractivity contribution in [3.05, 3.63) is 46.7 Å². The lowest BCUT2D eigenvalue weighted by molar-refractivity contribution is -0.123. The van der Waals surface area contributed by atoms with Gasteiger partial charge in [0, 0.05) is 12.1 Å². The second kappa shape index (κ2) is 8.33. The van der Waals surface area contributed by atoms with E-state index in [1.165, 1.54) is 36.1 Å². The minimum absolute atomic E-state index is 0.0968. The Morgan fingerprint density at radius 2 is 1.84 bits per heavy atom. The van der Waals surface area contributed by atoms with Crippen LogP contribution in [0.15, 0.2) is 28.8 Å². The molecule has 9 heteroatoms. The molecule has 31 heavy (non-hydrogen) atoms. The standard InChI is InChI=1S/C22H23N3O6/c1-12-10-18(24-31-12)23-19(26)13(2)30-22(29)14-8-9-16-17(11-14)21(28)25(20(16)27)15-6-4-3-5-7-15/h8-11,13,15H,3-7H2,1-2H3,(H,23,24,26)/t13-/m0/s1. The molecule has 1 fully saturated rings. The maximum atomic E-state index is 12.9. The van der Waals surface area contributed by atoms with Gasteiger partial charge in [-0.1, -0.05) is 24.4 Å². The Morgan fingerprint density at radius 1 is 1.13 bits per heavy atom. The summed E-state index contributed by atoms with van der Waals surface area (Å²) in [5, 5.41) is 6.14. The van der Waals surface area contributed by atoms with Crippen molar-refractivity contribution in [3.8, 4) is 0 Å². The van der Waals surface area contributed by atoms with E-state index in [4.69, 9.17) is 9.26 Å². The van der Waals surface area contributed by atoms with Gasteiger partial charge in [0.1, 0.15) is 5.76 Å².